The summed E-state index contributed by atoms with van der Waals surface area (Å²) in [6.45, 7) is 8.53. The number of hydrogen-bond donors (Lipinski definition) is 2. The molecule has 0 fully saturated rings. The van der Waals surface area contributed by atoms with Gasteiger partial charge >= 0.3 is 0 Å². The van der Waals surface area contributed by atoms with Crippen molar-refractivity contribution in [1.29, 1.82) is 5.26 Å². The first-order valence-electron chi connectivity index (χ1n) is 10.6. The molecule has 2 N–H and O–H groups in total. The molecule has 158 valence electrons. The third-order valence-electron chi connectivity index (χ3n) is 5.39. The number of aliphatic hydroxyl groups excluding tert-OH is 1. The lowest BCUT2D eigenvalue weighted by Crippen LogP contribution is -2.32. The van der Waals surface area contributed by atoms with Gasteiger partial charge in [0.25, 0.3) is 0 Å². The van der Waals surface area contributed by atoms with Crippen molar-refractivity contribution < 1.29 is 9.84 Å². The summed E-state index contributed by atoms with van der Waals surface area (Å²) in [6, 6.07) is 15.0. The fraction of sp³-hybridized carbons (Fsp3) is 0.400. The Morgan fingerprint density at radius 3 is 2.67 bits per heavy atom. The molecule has 0 amide bonds. The Morgan fingerprint density at radius 1 is 1.20 bits per heavy atom. The van der Waals surface area contributed by atoms with Gasteiger partial charge in [-0.2, -0.15) is 5.26 Å². The highest BCUT2D eigenvalue weighted by atomic mass is 16.5. The molecule has 0 aliphatic carbocycles. The van der Waals surface area contributed by atoms with Gasteiger partial charge in [0.1, 0.15) is 18.4 Å². The van der Waals surface area contributed by atoms with Gasteiger partial charge in [0.2, 0.25) is 0 Å². The average Bonchev–Trinajstić information content (AvgIpc) is 3.13. The van der Waals surface area contributed by atoms with E-state index in [-0.39, 0.29) is 12.6 Å². The van der Waals surface area contributed by atoms with Crippen LogP contribution in [0.15, 0.2) is 42.6 Å². The predicted octanol–water partition coefficient (Wildman–Crippen LogP) is 4.11. The SMILES string of the molecule is Cc1cccc(C)c1OCCNC(C)Cc1cc(C#N)c2c(ccn2CCCO)c1. The quantitative estimate of drug-likeness (QED) is 0.498. The van der Waals surface area contributed by atoms with E-state index in [0.29, 0.717) is 25.1 Å². The summed E-state index contributed by atoms with van der Waals surface area (Å²) in [5.41, 5.74) is 5.11. The van der Waals surface area contributed by atoms with Gasteiger partial charge in [0.05, 0.1) is 11.1 Å². The lowest BCUT2D eigenvalue weighted by atomic mass is 10.0. The number of ether oxygens (including phenoxy) is 1. The number of para-hydroxylation sites is 1. The molecule has 5 heteroatoms. The van der Waals surface area contributed by atoms with E-state index < -0.39 is 0 Å². The summed E-state index contributed by atoms with van der Waals surface area (Å²) in [5.74, 6) is 0.974. The van der Waals surface area contributed by atoms with E-state index >= 15 is 0 Å². The van der Waals surface area contributed by atoms with Gasteiger partial charge in [0, 0.05) is 37.3 Å². The number of hydrogen-bond acceptors (Lipinski definition) is 4. The third kappa shape index (κ3) is 5.21. The highest BCUT2D eigenvalue weighted by molar-refractivity contribution is 5.86. The largest absolute Gasteiger partial charge is 0.492 e. The number of rotatable bonds is 10. The maximum absolute atomic E-state index is 9.64. The van der Waals surface area contributed by atoms with Crippen LogP contribution in [0.2, 0.25) is 0 Å². The van der Waals surface area contributed by atoms with Crippen LogP contribution in [0.5, 0.6) is 5.75 Å². The number of fused-ring (bicyclic) bond motifs is 1. The number of aromatic nitrogens is 1. The van der Waals surface area contributed by atoms with E-state index in [2.05, 4.69) is 54.9 Å². The number of nitrogens with one attached hydrogen (secondary N) is 1. The molecule has 30 heavy (non-hydrogen) atoms. The Hall–Kier alpha value is -2.81. The van der Waals surface area contributed by atoms with Crippen LogP contribution in [0.3, 0.4) is 0 Å². The molecule has 0 saturated carbocycles. The van der Waals surface area contributed by atoms with Crippen molar-refractivity contribution in [3.63, 3.8) is 0 Å². The predicted molar refractivity (Wildman–Crippen MR) is 121 cm³/mol. The van der Waals surface area contributed by atoms with Crippen molar-refractivity contribution in [2.75, 3.05) is 19.8 Å². The zero-order valence-electron chi connectivity index (χ0n) is 18.1. The second kappa shape index (κ2) is 10.3. The van der Waals surface area contributed by atoms with Crippen LogP contribution in [0.25, 0.3) is 10.9 Å². The van der Waals surface area contributed by atoms with Gasteiger partial charge in [0.15, 0.2) is 0 Å². The number of nitrogens with zero attached hydrogens (tertiary/aromatic N) is 2. The molecular weight excluding hydrogens is 374 g/mol. The molecule has 0 bridgehead atoms. The molecule has 3 aromatic rings. The van der Waals surface area contributed by atoms with Gasteiger partial charge in [-0.15, -0.1) is 0 Å². The molecule has 5 nitrogen and oxygen atoms in total. The minimum absolute atomic E-state index is 0.149. The van der Waals surface area contributed by atoms with Gasteiger partial charge < -0.3 is 19.7 Å². The second-order valence-corrected chi connectivity index (χ2v) is 7.91. The molecule has 3 rings (SSSR count). The van der Waals surface area contributed by atoms with E-state index in [9.17, 15) is 5.26 Å². The highest BCUT2D eigenvalue weighted by Gasteiger charge is 2.11. The van der Waals surface area contributed by atoms with Crippen LogP contribution >= 0.6 is 0 Å². The summed E-state index contributed by atoms with van der Waals surface area (Å²) in [7, 11) is 0. The Kier molecular flexibility index (Phi) is 7.51. The van der Waals surface area contributed by atoms with Gasteiger partial charge in [-0.3, -0.25) is 0 Å². The van der Waals surface area contributed by atoms with Crippen LogP contribution in [-0.2, 0) is 13.0 Å². The van der Waals surface area contributed by atoms with Crippen molar-refractivity contribution in [3.05, 3.63) is 64.8 Å². The van der Waals surface area contributed by atoms with Crippen LogP contribution in [0.4, 0.5) is 0 Å². The van der Waals surface area contributed by atoms with E-state index in [1.165, 1.54) is 0 Å². The molecule has 1 unspecified atom stereocenters. The van der Waals surface area contributed by atoms with Crippen LogP contribution < -0.4 is 10.1 Å². The lowest BCUT2D eigenvalue weighted by Gasteiger charge is -2.16. The normalized spacial score (nSPS) is 12.1. The van der Waals surface area contributed by atoms with E-state index in [1.807, 2.05) is 24.4 Å². The van der Waals surface area contributed by atoms with E-state index in [4.69, 9.17) is 9.84 Å². The van der Waals surface area contributed by atoms with Crippen molar-refractivity contribution in [1.82, 2.24) is 9.88 Å². The van der Waals surface area contributed by atoms with Crippen LogP contribution in [-0.4, -0.2) is 35.5 Å². The summed E-state index contributed by atoms with van der Waals surface area (Å²) in [4.78, 5) is 0. The molecule has 0 aliphatic heterocycles. The third-order valence-corrected chi connectivity index (χ3v) is 5.39. The van der Waals surface area contributed by atoms with Crippen LogP contribution in [0.1, 0.15) is 35.6 Å². The molecule has 1 atom stereocenters. The lowest BCUT2D eigenvalue weighted by molar-refractivity contribution is 0.280. The molecule has 0 radical (unpaired) electrons. The zero-order chi connectivity index (χ0) is 21.5. The molecule has 1 aromatic heterocycles. The Bertz CT molecular complexity index is 1010. The molecular formula is C25H31N3O2. The van der Waals surface area contributed by atoms with Gasteiger partial charge in [-0.1, -0.05) is 18.2 Å². The number of nitriles is 1. The number of benzene rings is 2. The van der Waals surface area contributed by atoms with Crippen LogP contribution in [0, 0.1) is 25.2 Å². The fourth-order valence-corrected chi connectivity index (χ4v) is 3.95. The first-order chi connectivity index (χ1) is 14.5. The minimum atomic E-state index is 0.149. The molecule has 2 aromatic carbocycles. The number of aliphatic hydroxyl groups is 1. The molecule has 1 heterocycles. The minimum Gasteiger partial charge on any atom is -0.492 e. The van der Waals surface area contributed by atoms with E-state index in [1.54, 1.807) is 0 Å². The Morgan fingerprint density at radius 2 is 1.97 bits per heavy atom. The topological polar surface area (TPSA) is 70.2 Å². The van der Waals surface area contributed by atoms with E-state index in [0.717, 1.165) is 46.3 Å². The van der Waals surface area contributed by atoms with Gasteiger partial charge in [-0.25, -0.2) is 0 Å². The Labute approximate surface area is 178 Å². The smallest absolute Gasteiger partial charge is 0.125 e. The van der Waals surface area contributed by atoms with Crippen molar-refractivity contribution in [2.45, 2.75) is 46.2 Å². The highest BCUT2D eigenvalue weighted by Crippen LogP contribution is 2.24. The molecule has 0 spiro atoms. The monoisotopic (exact) mass is 405 g/mol. The van der Waals surface area contributed by atoms with Crippen molar-refractivity contribution in [3.8, 4) is 11.8 Å². The summed E-state index contributed by atoms with van der Waals surface area (Å²) in [5, 5.41) is 23.3. The van der Waals surface area contributed by atoms with Crippen molar-refractivity contribution in [2.24, 2.45) is 0 Å². The Balaban J connectivity index is 1.58. The maximum atomic E-state index is 9.64. The summed E-state index contributed by atoms with van der Waals surface area (Å²) >= 11 is 0. The molecule has 0 saturated heterocycles. The van der Waals surface area contributed by atoms with Gasteiger partial charge in [-0.05, 0) is 68.5 Å². The van der Waals surface area contributed by atoms with Crippen molar-refractivity contribution >= 4 is 10.9 Å². The second-order valence-electron chi connectivity index (χ2n) is 7.91. The zero-order valence-corrected chi connectivity index (χ0v) is 18.1. The summed E-state index contributed by atoms with van der Waals surface area (Å²) in [6.07, 6.45) is 3.52. The average molecular weight is 406 g/mol. The first-order valence-corrected chi connectivity index (χ1v) is 10.6. The first kappa shape index (κ1) is 21.9. The maximum Gasteiger partial charge on any atom is 0.125 e. The number of aryl methyl sites for hydroxylation is 3. The standard InChI is InChI=1S/C25H31N3O2/c1-18-6-4-7-19(2)25(18)30-13-9-27-20(3)14-21-15-22-8-11-28(10-5-12-29)24(22)23(16-21)17-26/h4,6-8,11,15-16,20,27,29H,5,9-10,12-14H2,1-3H3. The molecule has 0 aliphatic rings. The fourth-order valence-electron chi connectivity index (χ4n) is 3.95. The summed E-state index contributed by atoms with van der Waals surface area (Å²) < 4.78 is 8.03.